The van der Waals surface area contributed by atoms with E-state index in [0.717, 1.165) is 30.7 Å². The van der Waals surface area contributed by atoms with Gasteiger partial charge in [-0.1, -0.05) is 30.8 Å². The Morgan fingerprint density at radius 2 is 2.00 bits per heavy atom. The predicted molar refractivity (Wildman–Crippen MR) is 84.9 cm³/mol. The molecule has 1 unspecified atom stereocenters. The van der Waals surface area contributed by atoms with E-state index in [2.05, 4.69) is 5.16 Å². The van der Waals surface area contributed by atoms with Crippen LogP contribution in [0.5, 0.6) is 0 Å². The van der Waals surface area contributed by atoms with Crippen LogP contribution >= 0.6 is 0 Å². The number of aromatic nitrogens is 1. The van der Waals surface area contributed by atoms with Gasteiger partial charge in [0.2, 0.25) is 10.0 Å². The first kappa shape index (κ1) is 16.0. The molecule has 1 aliphatic carbocycles. The Morgan fingerprint density at radius 3 is 2.73 bits per heavy atom. The van der Waals surface area contributed by atoms with Gasteiger partial charge < -0.3 is 4.52 Å². The summed E-state index contributed by atoms with van der Waals surface area (Å²) in [6.45, 7) is 0.696. The summed E-state index contributed by atoms with van der Waals surface area (Å²) >= 11 is 0. The van der Waals surface area contributed by atoms with Crippen molar-refractivity contribution in [1.82, 2.24) is 9.46 Å². The van der Waals surface area contributed by atoms with Crippen molar-refractivity contribution in [2.24, 2.45) is 5.92 Å². The maximum absolute atomic E-state index is 12.6. The first-order valence-electron chi connectivity index (χ1n) is 8.53. The molecule has 1 aromatic heterocycles. The molecule has 2 fully saturated rings. The van der Waals surface area contributed by atoms with Crippen LogP contribution in [0.3, 0.4) is 0 Å². The zero-order valence-electron chi connectivity index (χ0n) is 13.1. The van der Waals surface area contributed by atoms with Crippen molar-refractivity contribution < 1.29 is 12.9 Å². The standard InChI is InChI=1S/C16H26N2O3S/c19-22(20,11-9-15-12-17-21-13-15)18-10-3-6-16(18)8-7-14-4-1-2-5-14/h12-14,16H,1-11H2. The van der Waals surface area contributed by atoms with Crippen LogP contribution in [0, 0.1) is 5.92 Å². The van der Waals surface area contributed by atoms with E-state index < -0.39 is 10.0 Å². The van der Waals surface area contributed by atoms with Crippen LogP contribution in [0.25, 0.3) is 0 Å². The SMILES string of the molecule is O=S(=O)(CCc1cnoc1)N1CCCC1CCC1CCCC1. The zero-order valence-corrected chi connectivity index (χ0v) is 13.9. The van der Waals surface area contributed by atoms with Crippen molar-refractivity contribution in [1.29, 1.82) is 0 Å². The van der Waals surface area contributed by atoms with Crippen molar-refractivity contribution in [2.45, 2.75) is 63.8 Å². The van der Waals surface area contributed by atoms with E-state index in [1.165, 1.54) is 38.4 Å². The average Bonchev–Trinajstić information content (AvgIpc) is 3.23. The Labute approximate surface area is 133 Å². The van der Waals surface area contributed by atoms with Crippen molar-refractivity contribution in [3.8, 4) is 0 Å². The Hall–Kier alpha value is -0.880. The van der Waals surface area contributed by atoms with Crippen LogP contribution in [0.15, 0.2) is 17.0 Å². The normalized spacial score (nSPS) is 24.3. The lowest BCUT2D eigenvalue weighted by molar-refractivity contribution is 0.338. The number of sulfonamides is 1. The van der Waals surface area contributed by atoms with Gasteiger partial charge >= 0.3 is 0 Å². The van der Waals surface area contributed by atoms with Crippen molar-refractivity contribution in [2.75, 3.05) is 12.3 Å². The highest BCUT2D eigenvalue weighted by Crippen LogP contribution is 2.32. The highest BCUT2D eigenvalue weighted by atomic mass is 32.2. The fourth-order valence-corrected chi connectivity index (χ4v) is 5.71. The molecule has 0 bridgehead atoms. The lowest BCUT2D eigenvalue weighted by Gasteiger charge is -2.25. The van der Waals surface area contributed by atoms with Gasteiger partial charge in [-0.15, -0.1) is 0 Å². The topological polar surface area (TPSA) is 63.4 Å². The predicted octanol–water partition coefficient (Wildman–Crippen LogP) is 2.98. The lowest BCUT2D eigenvalue weighted by atomic mass is 9.98. The van der Waals surface area contributed by atoms with Crippen LogP contribution in [-0.2, 0) is 16.4 Å². The fraction of sp³-hybridized carbons (Fsp3) is 0.812. The quantitative estimate of drug-likeness (QED) is 0.773. The molecule has 1 atom stereocenters. The van der Waals surface area contributed by atoms with Gasteiger partial charge in [0.15, 0.2) is 0 Å². The van der Waals surface area contributed by atoms with Crippen LogP contribution in [0.2, 0.25) is 0 Å². The summed E-state index contributed by atoms with van der Waals surface area (Å²) in [7, 11) is -3.17. The third-order valence-corrected chi connectivity index (χ3v) is 7.11. The van der Waals surface area contributed by atoms with Crippen molar-refractivity contribution in [3.63, 3.8) is 0 Å². The molecule has 1 aliphatic heterocycles. The number of rotatable bonds is 7. The largest absolute Gasteiger partial charge is 0.364 e. The van der Waals surface area contributed by atoms with Crippen molar-refractivity contribution in [3.05, 3.63) is 18.0 Å². The third-order valence-electron chi connectivity index (χ3n) is 5.20. The molecule has 0 amide bonds. The molecule has 3 rings (SSSR count). The smallest absolute Gasteiger partial charge is 0.214 e. The molecule has 1 saturated heterocycles. The molecule has 0 aromatic carbocycles. The summed E-state index contributed by atoms with van der Waals surface area (Å²) in [6.07, 6.45) is 13.3. The fourth-order valence-electron chi connectivity index (χ4n) is 3.91. The van der Waals surface area contributed by atoms with E-state index in [0.29, 0.717) is 13.0 Å². The molecule has 22 heavy (non-hydrogen) atoms. The highest BCUT2D eigenvalue weighted by molar-refractivity contribution is 7.89. The number of aryl methyl sites for hydroxylation is 1. The minimum absolute atomic E-state index is 0.161. The summed E-state index contributed by atoms with van der Waals surface area (Å²) in [5, 5.41) is 3.63. The molecule has 124 valence electrons. The Bertz CT molecular complexity index is 550. The van der Waals surface area contributed by atoms with E-state index in [1.807, 2.05) is 0 Å². The second-order valence-corrected chi connectivity index (χ2v) is 8.77. The minimum Gasteiger partial charge on any atom is -0.364 e. The summed E-state index contributed by atoms with van der Waals surface area (Å²) in [5.74, 6) is 0.996. The van der Waals surface area contributed by atoms with Crippen LogP contribution in [-0.4, -0.2) is 36.2 Å². The molecular formula is C16H26N2O3S. The Morgan fingerprint density at radius 1 is 1.18 bits per heavy atom. The molecule has 0 radical (unpaired) electrons. The van der Waals surface area contributed by atoms with E-state index in [-0.39, 0.29) is 11.8 Å². The maximum Gasteiger partial charge on any atom is 0.214 e. The first-order valence-corrected chi connectivity index (χ1v) is 10.1. The molecular weight excluding hydrogens is 300 g/mol. The third kappa shape index (κ3) is 3.90. The van der Waals surface area contributed by atoms with Gasteiger partial charge in [0.25, 0.3) is 0 Å². The maximum atomic E-state index is 12.6. The van der Waals surface area contributed by atoms with Crippen LogP contribution < -0.4 is 0 Å². The van der Waals surface area contributed by atoms with E-state index in [9.17, 15) is 8.42 Å². The van der Waals surface area contributed by atoms with Crippen LogP contribution in [0.1, 0.15) is 56.9 Å². The van der Waals surface area contributed by atoms with Gasteiger partial charge in [-0.25, -0.2) is 8.42 Å². The summed E-state index contributed by atoms with van der Waals surface area (Å²) < 4.78 is 31.8. The summed E-state index contributed by atoms with van der Waals surface area (Å²) in [6, 6.07) is 0.230. The second-order valence-electron chi connectivity index (χ2n) is 6.73. The molecule has 5 nitrogen and oxygen atoms in total. The number of hydrogen-bond acceptors (Lipinski definition) is 4. The van der Waals surface area contributed by atoms with Crippen LogP contribution in [0.4, 0.5) is 0 Å². The zero-order chi connectivity index (χ0) is 15.4. The van der Waals surface area contributed by atoms with E-state index in [1.54, 1.807) is 10.5 Å². The summed E-state index contributed by atoms with van der Waals surface area (Å²) in [5.41, 5.74) is 0.852. The summed E-state index contributed by atoms with van der Waals surface area (Å²) in [4.78, 5) is 0. The van der Waals surface area contributed by atoms with E-state index in [4.69, 9.17) is 4.52 Å². The molecule has 1 aromatic rings. The van der Waals surface area contributed by atoms with Gasteiger partial charge in [-0.05, 0) is 38.0 Å². The number of hydrogen-bond donors (Lipinski definition) is 0. The van der Waals surface area contributed by atoms with Crippen molar-refractivity contribution >= 4 is 10.0 Å². The molecule has 2 heterocycles. The molecule has 0 spiro atoms. The lowest BCUT2D eigenvalue weighted by Crippen LogP contribution is -2.37. The highest BCUT2D eigenvalue weighted by Gasteiger charge is 2.34. The molecule has 0 N–H and O–H groups in total. The van der Waals surface area contributed by atoms with Gasteiger partial charge in [0.05, 0.1) is 11.9 Å². The molecule has 2 aliphatic rings. The monoisotopic (exact) mass is 326 g/mol. The molecule has 1 saturated carbocycles. The van der Waals surface area contributed by atoms with Gasteiger partial charge in [0.1, 0.15) is 6.26 Å². The first-order chi connectivity index (χ1) is 10.6. The Kier molecular flexibility index (Phi) is 5.18. The van der Waals surface area contributed by atoms with Gasteiger partial charge in [-0.2, -0.15) is 4.31 Å². The van der Waals surface area contributed by atoms with Gasteiger partial charge in [-0.3, -0.25) is 0 Å². The number of nitrogens with zero attached hydrogens (tertiary/aromatic N) is 2. The van der Waals surface area contributed by atoms with E-state index >= 15 is 0 Å². The van der Waals surface area contributed by atoms with Gasteiger partial charge in [0, 0.05) is 18.2 Å². The average molecular weight is 326 g/mol. The Balaban J connectivity index is 1.53. The second kappa shape index (κ2) is 7.13. The molecule has 6 heteroatoms. The minimum atomic E-state index is -3.17.